The molecule has 1 aromatic carbocycles. The molecule has 0 atom stereocenters. The average molecular weight is 361 g/mol. The van der Waals surface area contributed by atoms with Gasteiger partial charge >= 0.3 is 6.03 Å². The number of hydrogen-bond donors (Lipinski definition) is 1. The van der Waals surface area contributed by atoms with Crippen molar-refractivity contribution in [3.8, 4) is 5.75 Å². The van der Waals surface area contributed by atoms with Gasteiger partial charge in [0.1, 0.15) is 5.75 Å². The van der Waals surface area contributed by atoms with E-state index in [0.29, 0.717) is 51.5 Å². The molecule has 0 aromatic heterocycles. The molecule has 0 bridgehead atoms. The van der Waals surface area contributed by atoms with Crippen LogP contribution in [-0.4, -0.2) is 80.7 Å². The Morgan fingerprint density at radius 1 is 1.12 bits per heavy atom. The number of ketones is 1. The Morgan fingerprint density at radius 3 is 2.38 bits per heavy atom. The van der Waals surface area contributed by atoms with Crippen molar-refractivity contribution >= 4 is 11.8 Å². The zero-order valence-corrected chi connectivity index (χ0v) is 15.3. The Labute approximate surface area is 154 Å². The summed E-state index contributed by atoms with van der Waals surface area (Å²) in [6, 6.07) is 7.39. The lowest BCUT2D eigenvalue weighted by Gasteiger charge is -2.35. The first-order chi connectivity index (χ1) is 12.7. The van der Waals surface area contributed by atoms with E-state index in [0.717, 1.165) is 18.6 Å². The van der Waals surface area contributed by atoms with E-state index < -0.39 is 0 Å². The van der Waals surface area contributed by atoms with E-state index in [2.05, 4.69) is 10.2 Å². The molecule has 2 fully saturated rings. The Bertz CT molecular complexity index is 606. The first-order valence-corrected chi connectivity index (χ1v) is 9.18. The number of ether oxygens (including phenoxy) is 2. The van der Waals surface area contributed by atoms with E-state index in [9.17, 15) is 9.59 Å². The Balaban J connectivity index is 1.42. The third-order valence-electron chi connectivity index (χ3n) is 4.99. The monoisotopic (exact) mass is 361 g/mol. The molecule has 142 valence electrons. The second kappa shape index (κ2) is 9.00. The van der Waals surface area contributed by atoms with Crippen molar-refractivity contribution in [3.05, 3.63) is 29.8 Å². The minimum Gasteiger partial charge on any atom is -0.497 e. The summed E-state index contributed by atoms with van der Waals surface area (Å²) in [7, 11) is 1.61. The minimum absolute atomic E-state index is 0.00182. The Morgan fingerprint density at radius 2 is 1.77 bits per heavy atom. The number of nitrogens with zero attached hydrogens (tertiary/aromatic N) is 2. The predicted octanol–water partition coefficient (Wildman–Crippen LogP) is 1.38. The fraction of sp³-hybridized carbons (Fsp3) is 0.579. The van der Waals surface area contributed by atoms with E-state index in [-0.39, 0.29) is 17.9 Å². The molecule has 7 nitrogen and oxygen atoms in total. The van der Waals surface area contributed by atoms with Gasteiger partial charge in [-0.2, -0.15) is 0 Å². The van der Waals surface area contributed by atoms with Crippen LogP contribution < -0.4 is 10.1 Å². The van der Waals surface area contributed by atoms with Crippen LogP contribution in [0.25, 0.3) is 0 Å². The summed E-state index contributed by atoms with van der Waals surface area (Å²) in [4.78, 5) is 28.7. The number of hydrogen-bond acceptors (Lipinski definition) is 5. The van der Waals surface area contributed by atoms with Crippen LogP contribution in [0.1, 0.15) is 23.2 Å². The molecule has 7 heteroatoms. The second-order valence-corrected chi connectivity index (χ2v) is 6.75. The number of piperazine rings is 1. The molecule has 26 heavy (non-hydrogen) atoms. The van der Waals surface area contributed by atoms with Crippen molar-refractivity contribution in [2.24, 2.45) is 0 Å². The van der Waals surface area contributed by atoms with Crippen LogP contribution in [0.4, 0.5) is 4.79 Å². The molecule has 1 N–H and O–H groups in total. The van der Waals surface area contributed by atoms with Crippen molar-refractivity contribution in [2.75, 3.05) is 53.0 Å². The van der Waals surface area contributed by atoms with Crippen molar-refractivity contribution < 1.29 is 19.1 Å². The highest BCUT2D eigenvalue weighted by molar-refractivity contribution is 5.97. The van der Waals surface area contributed by atoms with Crippen LogP contribution in [-0.2, 0) is 4.74 Å². The standard InChI is InChI=1S/C19H27N3O4/c1-25-17-4-2-15(3-5-17)18(23)14-21-8-10-22(11-9-21)19(24)20-16-6-12-26-13-7-16/h2-5,16H,6-14H2,1H3,(H,20,24). The van der Waals surface area contributed by atoms with Gasteiger partial charge in [-0.05, 0) is 37.1 Å². The summed E-state index contributed by atoms with van der Waals surface area (Å²) >= 11 is 0. The van der Waals surface area contributed by atoms with Gasteiger partial charge in [-0.1, -0.05) is 0 Å². The van der Waals surface area contributed by atoms with Gasteiger partial charge in [0.2, 0.25) is 0 Å². The highest BCUT2D eigenvalue weighted by Gasteiger charge is 2.25. The molecule has 2 heterocycles. The molecule has 2 amide bonds. The van der Waals surface area contributed by atoms with E-state index in [1.165, 1.54) is 0 Å². The third kappa shape index (κ3) is 4.95. The van der Waals surface area contributed by atoms with Gasteiger partial charge in [0.05, 0.1) is 13.7 Å². The molecule has 1 aromatic rings. The van der Waals surface area contributed by atoms with Gasteiger partial charge in [0, 0.05) is 51.0 Å². The normalized spacial score (nSPS) is 19.2. The largest absolute Gasteiger partial charge is 0.497 e. The summed E-state index contributed by atoms with van der Waals surface area (Å²) < 4.78 is 10.4. The van der Waals surface area contributed by atoms with Gasteiger partial charge < -0.3 is 19.7 Å². The number of nitrogens with one attached hydrogen (secondary N) is 1. The fourth-order valence-electron chi connectivity index (χ4n) is 3.29. The van der Waals surface area contributed by atoms with Gasteiger partial charge in [-0.25, -0.2) is 4.79 Å². The number of Topliss-reactive ketones (excluding diaryl/α,β-unsaturated/α-hetero) is 1. The van der Waals surface area contributed by atoms with Crippen LogP contribution in [0.2, 0.25) is 0 Å². The summed E-state index contributed by atoms with van der Waals surface area (Å²) in [5, 5.41) is 3.09. The molecule has 2 aliphatic rings. The summed E-state index contributed by atoms with van der Waals surface area (Å²) in [6.45, 7) is 4.52. The van der Waals surface area contributed by atoms with Gasteiger partial charge in [-0.15, -0.1) is 0 Å². The maximum atomic E-state index is 12.4. The van der Waals surface area contributed by atoms with Crippen LogP contribution in [0.3, 0.4) is 0 Å². The van der Waals surface area contributed by atoms with Gasteiger partial charge in [0.15, 0.2) is 5.78 Å². The second-order valence-electron chi connectivity index (χ2n) is 6.75. The van der Waals surface area contributed by atoms with E-state index in [1.54, 1.807) is 31.4 Å². The van der Waals surface area contributed by atoms with Crippen molar-refractivity contribution in [1.29, 1.82) is 0 Å². The van der Waals surface area contributed by atoms with Crippen molar-refractivity contribution in [2.45, 2.75) is 18.9 Å². The molecule has 0 unspecified atom stereocenters. The summed E-state index contributed by atoms with van der Waals surface area (Å²) in [5.74, 6) is 0.832. The number of urea groups is 1. The number of benzene rings is 1. The topological polar surface area (TPSA) is 71.1 Å². The number of carbonyl (C=O) groups excluding carboxylic acids is 2. The molecule has 2 saturated heterocycles. The number of rotatable bonds is 5. The molecule has 3 rings (SSSR count). The molecule has 2 aliphatic heterocycles. The van der Waals surface area contributed by atoms with Gasteiger partial charge in [-0.3, -0.25) is 9.69 Å². The predicted molar refractivity (Wildman–Crippen MR) is 97.7 cm³/mol. The van der Waals surface area contributed by atoms with E-state index >= 15 is 0 Å². The van der Waals surface area contributed by atoms with Crippen LogP contribution in [0.15, 0.2) is 24.3 Å². The lowest BCUT2D eigenvalue weighted by molar-refractivity contribution is 0.0752. The highest BCUT2D eigenvalue weighted by Crippen LogP contribution is 2.13. The summed E-state index contributed by atoms with van der Waals surface area (Å²) in [6.07, 6.45) is 1.75. The summed E-state index contributed by atoms with van der Waals surface area (Å²) in [5.41, 5.74) is 0.686. The SMILES string of the molecule is COc1ccc(C(=O)CN2CCN(C(=O)NC3CCOCC3)CC2)cc1. The Kier molecular flexibility index (Phi) is 6.46. The number of carbonyl (C=O) groups is 2. The molecule has 0 saturated carbocycles. The lowest BCUT2D eigenvalue weighted by Crippen LogP contribution is -2.54. The highest BCUT2D eigenvalue weighted by atomic mass is 16.5. The van der Waals surface area contributed by atoms with Crippen LogP contribution >= 0.6 is 0 Å². The molecular weight excluding hydrogens is 334 g/mol. The number of methoxy groups -OCH3 is 1. The molecule has 0 aliphatic carbocycles. The van der Waals surface area contributed by atoms with E-state index in [4.69, 9.17) is 9.47 Å². The lowest BCUT2D eigenvalue weighted by atomic mass is 10.1. The van der Waals surface area contributed by atoms with Crippen molar-refractivity contribution in [1.82, 2.24) is 15.1 Å². The molecule has 0 radical (unpaired) electrons. The fourth-order valence-corrected chi connectivity index (χ4v) is 3.29. The average Bonchev–Trinajstić information content (AvgIpc) is 2.69. The Hall–Kier alpha value is -2.12. The van der Waals surface area contributed by atoms with Crippen LogP contribution in [0.5, 0.6) is 5.75 Å². The maximum absolute atomic E-state index is 12.4. The zero-order valence-electron chi connectivity index (χ0n) is 15.3. The maximum Gasteiger partial charge on any atom is 0.317 e. The van der Waals surface area contributed by atoms with Crippen molar-refractivity contribution in [3.63, 3.8) is 0 Å². The quantitative estimate of drug-likeness (QED) is 0.803. The first-order valence-electron chi connectivity index (χ1n) is 9.18. The van der Waals surface area contributed by atoms with Gasteiger partial charge in [0.25, 0.3) is 0 Å². The number of amides is 2. The first kappa shape index (κ1) is 18.7. The molecule has 0 spiro atoms. The van der Waals surface area contributed by atoms with Crippen LogP contribution in [0, 0.1) is 0 Å². The minimum atomic E-state index is -0.00182. The third-order valence-corrected chi connectivity index (χ3v) is 4.99. The zero-order chi connectivity index (χ0) is 18.4. The smallest absolute Gasteiger partial charge is 0.317 e. The van der Waals surface area contributed by atoms with E-state index in [1.807, 2.05) is 4.90 Å². The molecular formula is C19H27N3O4.